The van der Waals surface area contributed by atoms with Crippen molar-refractivity contribution < 1.29 is 8.42 Å². The molecule has 31 heavy (non-hydrogen) atoms. The maximum absolute atomic E-state index is 13.0. The van der Waals surface area contributed by atoms with Crippen molar-refractivity contribution in [1.82, 2.24) is 19.1 Å². The summed E-state index contributed by atoms with van der Waals surface area (Å²) >= 11 is 1.34. The van der Waals surface area contributed by atoms with Crippen molar-refractivity contribution in [3.05, 3.63) is 24.3 Å². The first-order chi connectivity index (χ1) is 14.4. The molecule has 0 saturated carbocycles. The molecule has 0 radical (unpaired) electrons. The summed E-state index contributed by atoms with van der Waals surface area (Å²) in [7, 11) is -3.59. The highest BCUT2D eigenvalue weighted by molar-refractivity contribution is 7.99. The van der Waals surface area contributed by atoms with Crippen molar-refractivity contribution in [2.45, 2.75) is 70.5 Å². The highest BCUT2D eigenvalue weighted by Crippen LogP contribution is 2.38. The van der Waals surface area contributed by atoms with Crippen LogP contribution in [0, 0.1) is 16.7 Å². The number of hydrogen-bond acceptors (Lipinski definition) is 6. The molecule has 0 fully saturated rings. The van der Waals surface area contributed by atoms with E-state index in [0.717, 1.165) is 6.42 Å². The summed E-state index contributed by atoms with van der Waals surface area (Å²) in [5.41, 5.74) is 0.394. The fourth-order valence-corrected chi connectivity index (χ4v) is 6.34. The number of nitrogens with zero attached hydrogens (tertiary/aromatic N) is 5. The summed E-state index contributed by atoms with van der Waals surface area (Å²) in [5, 5.41) is 18.5. The van der Waals surface area contributed by atoms with Crippen molar-refractivity contribution in [1.29, 1.82) is 5.26 Å². The minimum atomic E-state index is -3.59. The van der Waals surface area contributed by atoms with Gasteiger partial charge in [-0.1, -0.05) is 58.5 Å². The van der Waals surface area contributed by atoms with Gasteiger partial charge in [-0.2, -0.15) is 9.57 Å². The standard InChI is InChI=1S/C22H33N5O2S2/c1-8-26(9-2)31(28,29)18-12-10-11-17(15-18)19-24-25-20(30-14-13-23)27(19)22(6,7)16-21(3,4)5/h10-12,15H,8-9,14,16H2,1-7H3. The van der Waals surface area contributed by atoms with Crippen molar-refractivity contribution in [2.75, 3.05) is 18.8 Å². The summed E-state index contributed by atoms with van der Waals surface area (Å²) in [6.45, 7) is 15.3. The summed E-state index contributed by atoms with van der Waals surface area (Å²) in [4.78, 5) is 0.239. The maximum atomic E-state index is 13.0. The van der Waals surface area contributed by atoms with E-state index in [0.29, 0.717) is 29.6 Å². The van der Waals surface area contributed by atoms with Gasteiger partial charge in [-0.05, 0) is 37.8 Å². The molecule has 170 valence electrons. The van der Waals surface area contributed by atoms with Gasteiger partial charge in [-0.3, -0.25) is 4.57 Å². The molecule has 0 spiro atoms. The van der Waals surface area contributed by atoms with Crippen molar-refractivity contribution in [2.24, 2.45) is 5.41 Å². The molecule has 9 heteroatoms. The van der Waals surface area contributed by atoms with Crippen LogP contribution in [0.2, 0.25) is 0 Å². The molecular weight excluding hydrogens is 430 g/mol. The molecule has 0 bridgehead atoms. The Hall–Kier alpha value is -1.89. The number of sulfonamides is 1. The third-order valence-electron chi connectivity index (χ3n) is 4.90. The van der Waals surface area contributed by atoms with Crippen molar-refractivity contribution >= 4 is 21.8 Å². The lowest BCUT2D eigenvalue weighted by molar-refractivity contribution is 0.205. The van der Waals surface area contributed by atoms with Gasteiger partial charge < -0.3 is 0 Å². The van der Waals surface area contributed by atoms with Crippen LogP contribution in [0.3, 0.4) is 0 Å². The Morgan fingerprint density at radius 2 is 1.77 bits per heavy atom. The van der Waals surface area contributed by atoms with E-state index in [2.05, 4.69) is 50.9 Å². The molecule has 2 aromatic rings. The van der Waals surface area contributed by atoms with Crippen LogP contribution in [0.5, 0.6) is 0 Å². The van der Waals surface area contributed by atoms with Crippen LogP contribution in [0.15, 0.2) is 34.3 Å². The van der Waals surface area contributed by atoms with Gasteiger partial charge in [-0.25, -0.2) is 8.42 Å². The number of aromatic nitrogens is 3. The first kappa shape index (κ1) is 25.4. The predicted molar refractivity (Wildman–Crippen MR) is 125 cm³/mol. The zero-order valence-electron chi connectivity index (χ0n) is 19.5. The van der Waals surface area contributed by atoms with E-state index in [4.69, 9.17) is 5.26 Å². The lowest BCUT2D eigenvalue weighted by Crippen LogP contribution is -2.33. The monoisotopic (exact) mass is 463 g/mol. The average Bonchev–Trinajstić information content (AvgIpc) is 3.10. The second-order valence-corrected chi connectivity index (χ2v) is 12.1. The molecule has 7 nitrogen and oxygen atoms in total. The van der Waals surface area contributed by atoms with Crippen LogP contribution in [0.25, 0.3) is 11.4 Å². The largest absolute Gasteiger partial charge is 0.296 e. The molecule has 0 aliphatic rings. The zero-order chi connectivity index (χ0) is 23.4. The first-order valence-corrected chi connectivity index (χ1v) is 12.9. The smallest absolute Gasteiger partial charge is 0.243 e. The first-order valence-electron chi connectivity index (χ1n) is 10.4. The third-order valence-corrected chi connectivity index (χ3v) is 7.74. The summed E-state index contributed by atoms with van der Waals surface area (Å²) < 4.78 is 29.6. The number of benzene rings is 1. The van der Waals surface area contributed by atoms with Gasteiger partial charge in [-0.15, -0.1) is 10.2 Å². The lowest BCUT2D eigenvalue weighted by atomic mass is 9.81. The van der Waals surface area contributed by atoms with Crippen LogP contribution < -0.4 is 0 Å². The van der Waals surface area contributed by atoms with E-state index in [-0.39, 0.29) is 21.6 Å². The van der Waals surface area contributed by atoms with Crippen LogP contribution >= 0.6 is 11.8 Å². The Labute approximate surface area is 190 Å². The molecule has 1 aromatic carbocycles. The quantitative estimate of drug-likeness (QED) is 0.498. The van der Waals surface area contributed by atoms with Crippen LogP contribution in [-0.4, -0.2) is 46.3 Å². The Morgan fingerprint density at radius 1 is 1.13 bits per heavy atom. The fraction of sp³-hybridized carbons (Fsp3) is 0.591. The van der Waals surface area contributed by atoms with E-state index < -0.39 is 10.0 Å². The minimum Gasteiger partial charge on any atom is -0.296 e. The molecule has 1 aromatic heterocycles. The fourth-order valence-electron chi connectivity index (χ4n) is 4.08. The molecule has 2 rings (SSSR count). The highest BCUT2D eigenvalue weighted by Gasteiger charge is 2.33. The number of hydrogen-bond donors (Lipinski definition) is 0. The summed E-state index contributed by atoms with van der Waals surface area (Å²) in [6.07, 6.45) is 0.850. The highest BCUT2D eigenvalue weighted by atomic mass is 32.2. The average molecular weight is 464 g/mol. The normalized spacial score (nSPS) is 12.9. The second-order valence-electron chi connectivity index (χ2n) is 9.26. The Kier molecular flexibility index (Phi) is 7.95. The van der Waals surface area contributed by atoms with Crippen LogP contribution in [0.4, 0.5) is 0 Å². The van der Waals surface area contributed by atoms with E-state index >= 15 is 0 Å². The molecule has 0 atom stereocenters. The molecule has 0 aliphatic heterocycles. The van der Waals surface area contributed by atoms with Gasteiger partial charge in [0.25, 0.3) is 0 Å². The number of nitriles is 1. The molecule has 0 amide bonds. The van der Waals surface area contributed by atoms with Crippen molar-refractivity contribution in [3.8, 4) is 17.5 Å². The predicted octanol–water partition coefficient (Wildman–Crippen LogP) is 4.76. The Bertz CT molecular complexity index is 1040. The SMILES string of the molecule is CCN(CC)S(=O)(=O)c1cccc(-c2nnc(SCC#N)n2C(C)(C)CC(C)(C)C)c1. The van der Waals surface area contributed by atoms with Crippen LogP contribution in [-0.2, 0) is 15.6 Å². The summed E-state index contributed by atoms with van der Waals surface area (Å²) in [6, 6.07) is 9.02. The topological polar surface area (TPSA) is 91.9 Å². The van der Waals surface area contributed by atoms with Crippen molar-refractivity contribution in [3.63, 3.8) is 0 Å². The van der Waals surface area contributed by atoms with Crippen LogP contribution in [0.1, 0.15) is 54.9 Å². The molecule has 0 unspecified atom stereocenters. The maximum Gasteiger partial charge on any atom is 0.243 e. The van der Waals surface area contributed by atoms with Gasteiger partial charge >= 0.3 is 0 Å². The molecule has 0 N–H and O–H groups in total. The zero-order valence-corrected chi connectivity index (χ0v) is 21.1. The third kappa shape index (κ3) is 5.88. The van der Waals surface area contributed by atoms with E-state index in [1.54, 1.807) is 18.2 Å². The van der Waals surface area contributed by atoms with E-state index in [9.17, 15) is 8.42 Å². The van der Waals surface area contributed by atoms with E-state index in [1.165, 1.54) is 16.1 Å². The molecular formula is C22H33N5O2S2. The van der Waals surface area contributed by atoms with E-state index in [1.807, 2.05) is 24.5 Å². The lowest BCUT2D eigenvalue weighted by Gasteiger charge is -2.35. The second kappa shape index (κ2) is 9.72. The van der Waals surface area contributed by atoms with Gasteiger partial charge in [0, 0.05) is 24.2 Å². The van der Waals surface area contributed by atoms with Gasteiger partial charge in [0.15, 0.2) is 11.0 Å². The molecule has 0 aliphatic carbocycles. The Morgan fingerprint density at radius 3 is 2.32 bits per heavy atom. The number of rotatable bonds is 9. The molecule has 0 saturated heterocycles. The van der Waals surface area contributed by atoms with Gasteiger partial charge in [0.2, 0.25) is 10.0 Å². The number of thioether (sulfide) groups is 1. The summed E-state index contributed by atoms with van der Waals surface area (Å²) in [5.74, 6) is 0.867. The molecule has 1 heterocycles. The Balaban J connectivity index is 2.65. The van der Waals surface area contributed by atoms with Gasteiger partial charge in [0.1, 0.15) is 0 Å². The minimum absolute atomic E-state index is 0.0517. The van der Waals surface area contributed by atoms with Gasteiger partial charge in [0.05, 0.1) is 16.7 Å².